The third-order valence-electron chi connectivity index (χ3n) is 3.02. The van der Waals surface area contributed by atoms with Gasteiger partial charge in [-0.1, -0.05) is 0 Å². The van der Waals surface area contributed by atoms with E-state index in [0.29, 0.717) is 12.0 Å². The molecule has 0 bridgehead atoms. The molecule has 17 heavy (non-hydrogen) atoms. The monoisotopic (exact) mass is 226 g/mol. The molecule has 0 aliphatic rings. The van der Waals surface area contributed by atoms with E-state index in [4.69, 9.17) is 5.73 Å². The van der Waals surface area contributed by atoms with Crippen LogP contribution in [0.15, 0.2) is 30.6 Å². The summed E-state index contributed by atoms with van der Waals surface area (Å²) in [7, 11) is 0. The number of rotatable bonds is 1. The minimum absolute atomic E-state index is 0.322. The van der Waals surface area contributed by atoms with Crippen LogP contribution in [0.1, 0.15) is 19.9 Å². The van der Waals surface area contributed by atoms with Crippen LogP contribution in [-0.4, -0.2) is 14.5 Å². The van der Waals surface area contributed by atoms with E-state index in [1.54, 1.807) is 6.20 Å². The van der Waals surface area contributed by atoms with Gasteiger partial charge in [0.1, 0.15) is 0 Å². The normalized spacial score (nSPS) is 11.7. The molecule has 2 N–H and O–H groups in total. The molecule has 0 aliphatic heterocycles. The Morgan fingerprint density at radius 2 is 2.06 bits per heavy atom. The zero-order valence-electron chi connectivity index (χ0n) is 9.88. The van der Waals surface area contributed by atoms with Gasteiger partial charge in [-0.3, -0.25) is 0 Å². The van der Waals surface area contributed by atoms with Crippen LogP contribution in [0.3, 0.4) is 0 Å². The molecule has 0 atom stereocenters. The maximum atomic E-state index is 5.65. The van der Waals surface area contributed by atoms with Crippen LogP contribution in [0.25, 0.3) is 21.8 Å². The van der Waals surface area contributed by atoms with Crippen molar-refractivity contribution in [2.24, 2.45) is 0 Å². The molecule has 2 aromatic heterocycles. The lowest BCUT2D eigenvalue weighted by atomic mass is 10.2. The van der Waals surface area contributed by atoms with Gasteiger partial charge in [0.2, 0.25) is 5.95 Å². The van der Waals surface area contributed by atoms with Gasteiger partial charge in [-0.2, -0.15) is 0 Å². The van der Waals surface area contributed by atoms with Crippen LogP contribution < -0.4 is 5.73 Å². The number of anilines is 1. The van der Waals surface area contributed by atoms with E-state index in [1.165, 1.54) is 5.52 Å². The van der Waals surface area contributed by atoms with Crippen LogP contribution in [0.2, 0.25) is 0 Å². The van der Waals surface area contributed by atoms with Crippen molar-refractivity contribution in [2.75, 3.05) is 5.73 Å². The summed E-state index contributed by atoms with van der Waals surface area (Å²) < 4.78 is 2.23. The number of hydrogen-bond acceptors (Lipinski definition) is 3. The van der Waals surface area contributed by atoms with E-state index in [2.05, 4.69) is 46.7 Å². The number of aromatic nitrogens is 3. The van der Waals surface area contributed by atoms with Gasteiger partial charge in [-0.15, -0.1) is 0 Å². The number of nitrogens with two attached hydrogens (primary N) is 1. The molecule has 4 nitrogen and oxygen atoms in total. The molecule has 2 heterocycles. The molecule has 0 radical (unpaired) electrons. The second kappa shape index (κ2) is 3.45. The molecule has 3 rings (SSSR count). The smallest absolute Gasteiger partial charge is 0.220 e. The van der Waals surface area contributed by atoms with Gasteiger partial charge >= 0.3 is 0 Å². The third-order valence-corrected chi connectivity index (χ3v) is 3.02. The Morgan fingerprint density at radius 3 is 2.82 bits per heavy atom. The van der Waals surface area contributed by atoms with E-state index in [0.717, 1.165) is 16.3 Å². The van der Waals surface area contributed by atoms with Gasteiger partial charge < -0.3 is 10.3 Å². The largest absolute Gasteiger partial charge is 0.368 e. The predicted octanol–water partition coefficient (Wildman–Crippen LogP) is 2.75. The van der Waals surface area contributed by atoms with Crippen molar-refractivity contribution >= 4 is 27.8 Å². The minimum atomic E-state index is 0.322. The highest BCUT2D eigenvalue weighted by Gasteiger charge is 2.08. The fourth-order valence-electron chi connectivity index (χ4n) is 2.20. The zero-order valence-corrected chi connectivity index (χ0v) is 9.88. The maximum absolute atomic E-state index is 5.65. The molecule has 0 fully saturated rings. The Labute approximate surface area is 99.1 Å². The molecule has 0 saturated carbocycles. The highest BCUT2D eigenvalue weighted by molar-refractivity contribution is 6.04. The highest BCUT2D eigenvalue weighted by Crippen LogP contribution is 2.26. The SMILES string of the molecule is CC(C)n1ccc2c3nc(N)ncc3ccc21. The first-order valence-corrected chi connectivity index (χ1v) is 5.68. The summed E-state index contributed by atoms with van der Waals surface area (Å²) in [6.07, 6.45) is 3.86. The number of nitrogen functional groups attached to an aromatic ring is 1. The standard InChI is InChI=1S/C13H14N4/c1-8(2)17-6-5-10-11(17)4-3-9-7-15-13(14)16-12(9)10/h3-8H,1-2H3,(H2,14,15,16). The van der Waals surface area contributed by atoms with Crippen LogP contribution >= 0.6 is 0 Å². The van der Waals surface area contributed by atoms with Gasteiger partial charge in [0.15, 0.2) is 0 Å². The summed E-state index contributed by atoms with van der Waals surface area (Å²) in [5.41, 5.74) is 7.76. The lowest BCUT2D eigenvalue weighted by Gasteiger charge is -2.09. The Hall–Kier alpha value is -2.10. The fraction of sp³-hybridized carbons (Fsp3) is 0.231. The van der Waals surface area contributed by atoms with Crippen LogP contribution in [0, 0.1) is 0 Å². The average molecular weight is 226 g/mol. The molecule has 0 spiro atoms. The summed E-state index contributed by atoms with van der Waals surface area (Å²) >= 11 is 0. The molecule has 3 aromatic rings. The molecule has 4 heteroatoms. The molecule has 0 aliphatic carbocycles. The van der Waals surface area contributed by atoms with E-state index >= 15 is 0 Å². The predicted molar refractivity (Wildman–Crippen MR) is 69.8 cm³/mol. The van der Waals surface area contributed by atoms with Gasteiger partial charge in [0.05, 0.1) is 11.0 Å². The number of nitrogens with zero attached hydrogens (tertiary/aromatic N) is 3. The summed E-state index contributed by atoms with van der Waals surface area (Å²) in [5.74, 6) is 0.322. The minimum Gasteiger partial charge on any atom is -0.368 e. The average Bonchev–Trinajstić information content (AvgIpc) is 2.72. The van der Waals surface area contributed by atoms with E-state index in [-0.39, 0.29) is 0 Å². The van der Waals surface area contributed by atoms with E-state index in [1.807, 2.05) is 6.07 Å². The van der Waals surface area contributed by atoms with Gasteiger partial charge in [0, 0.05) is 29.2 Å². The molecular formula is C13H14N4. The number of benzene rings is 1. The zero-order chi connectivity index (χ0) is 12.0. The summed E-state index contributed by atoms with van der Waals surface area (Å²) in [5, 5.41) is 2.15. The van der Waals surface area contributed by atoms with Crippen LogP contribution in [0.5, 0.6) is 0 Å². The summed E-state index contributed by atoms with van der Waals surface area (Å²) in [6.45, 7) is 4.33. The molecule has 86 valence electrons. The number of hydrogen-bond donors (Lipinski definition) is 1. The van der Waals surface area contributed by atoms with Crippen molar-refractivity contribution in [3.8, 4) is 0 Å². The Balaban J connectivity index is 2.44. The van der Waals surface area contributed by atoms with Crippen LogP contribution in [-0.2, 0) is 0 Å². The van der Waals surface area contributed by atoms with Gasteiger partial charge in [-0.25, -0.2) is 9.97 Å². The maximum Gasteiger partial charge on any atom is 0.220 e. The molecule has 0 amide bonds. The third kappa shape index (κ3) is 1.45. The lowest BCUT2D eigenvalue weighted by molar-refractivity contribution is 0.623. The van der Waals surface area contributed by atoms with Gasteiger partial charge in [-0.05, 0) is 32.0 Å². The quantitative estimate of drug-likeness (QED) is 0.694. The molecule has 0 saturated heterocycles. The first kappa shape index (κ1) is 10.1. The molecule has 0 unspecified atom stereocenters. The van der Waals surface area contributed by atoms with Gasteiger partial charge in [0.25, 0.3) is 0 Å². The Morgan fingerprint density at radius 1 is 1.24 bits per heavy atom. The van der Waals surface area contributed by atoms with Crippen molar-refractivity contribution < 1.29 is 0 Å². The second-order valence-electron chi connectivity index (χ2n) is 4.48. The van der Waals surface area contributed by atoms with Crippen molar-refractivity contribution in [1.82, 2.24) is 14.5 Å². The Bertz CT molecular complexity index is 697. The summed E-state index contributed by atoms with van der Waals surface area (Å²) in [4.78, 5) is 8.35. The topological polar surface area (TPSA) is 56.7 Å². The fourth-order valence-corrected chi connectivity index (χ4v) is 2.20. The second-order valence-corrected chi connectivity index (χ2v) is 4.48. The molecule has 1 aromatic carbocycles. The molecular weight excluding hydrogens is 212 g/mol. The van der Waals surface area contributed by atoms with Crippen LogP contribution in [0.4, 0.5) is 5.95 Å². The van der Waals surface area contributed by atoms with E-state index in [9.17, 15) is 0 Å². The lowest BCUT2D eigenvalue weighted by Crippen LogP contribution is -1.98. The van der Waals surface area contributed by atoms with E-state index < -0.39 is 0 Å². The van der Waals surface area contributed by atoms with Crippen molar-refractivity contribution in [3.63, 3.8) is 0 Å². The Kier molecular flexibility index (Phi) is 2.04. The number of fused-ring (bicyclic) bond motifs is 3. The van der Waals surface area contributed by atoms with Crippen molar-refractivity contribution in [3.05, 3.63) is 30.6 Å². The summed E-state index contributed by atoms with van der Waals surface area (Å²) in [6, 6.07) is 6.67. The first-order chi connectivity index (χ1) is 8.16. The highest BCUT2D eigenvalue weighted by atomic mass is 15.0. The van der Waals surface area contributed by atoms with Crippen molar-refractivity contribution in [1.29, 1.82) is 0 Å². The van der Waals surface area contributed by atoms with Crippen molar-refractivity contribution in [2.45, 2.75) is 19.9 Å². The first-order valence-electron chi connectivity index (χ1n) is 5.68.